The molecule has 1 aromatic carbocycles. The van der Waals surface area contributed by atoms with Crippen LogP contribution in [0.4, 0.5) is 14.5 Å². The maximum atomic E-state index is 13.3. The van der Waals surface area contributed by atoms with Crippen molar-refractivity contribution in [2.45, 2.75) is 19.6 Å². The highest BCUT2D eigenvalue weighted by Gasteiger charge is 2.39. The second-order valence-corrected chi connectivity index (χ2v) is 4.60. The number of hydrogen-bond donors (Lipinski definition) is 1. The smallest absolute Gasteiger partial charge is 0.348 e. The first-order valence-corrected chi connectivity index (χ1v) is 5.63. The van der Waals surface area contributed by atoms with Crippen LogP contribution in [0.5, 0.6) is 0 Å². The molecule has 1 aromatic rings. The largest absolute Gasteiger partial charge is 0.419 e. The van der Waals surface area contributed by atoms with Gasteiger partial charge in [0.2, 0.25) is 0 Å². The third-order valence-electron chi connectivity index (χ3n) is 2.58. The number of hydrogen-bond acceptors (Lipinski definition) is 5. The number of carbonyl (C=O) groups excluding carboxylic acids is 2. The number of ether oxygens (including phenoxy) is 2. The predicted molar refractivity (Wildman–Crippen MR) is 65.0 cm³/mol. The average Bonchev–Trinajstić information content (AvgIpc) is 2.32. The summed E-state index contributed by atoms with van der Waals surface area (Å²) in [5.41, 5.74) is 4.41. The van der Waals surface area contributed by atoms with Gasteiger partial charge in [-0.15, -0.1) is 0 Å². The molecule has 0 aromatic heterocycles. The molecule has 1 aliphatic rings. The Balaban J connectivity index is 2.44. The first-order valence-electron chi connectivity index (χ1n) is 5.63. The van der Waals surface area contributed by atoms with Crippen molar-refractivity contribution in [1.29, 1.82) is 0 Å². The Morgan fingerprint density at radius 1 is 1.15 bits per heavy atom. The maximum absolute atomic E-state index is 13.3. The van der Waals surface area contributed by atoms with E-state index in [9.17, 15) is 18.4 Å². The van der Waals surface area contributed by atoms with Crippen molar-refractivity contribution in [2.24, 2.45) is 0 Å². The fourth-order valence-electron chi connectivity index (χ4n) is 1.64. The molecular formula is C13H11F2NO4. The second-order valence-electron chi connectivity index (χ2n) is 4.60. The van der Waals surface area contributed by atoms with E-state index in [0.29, 0.717) is 0 Å². The molecule has 1 aliphatic heterocycles. The van der Waals surface area contributed by atoms with Gasteiger partial charge in [0.25, 0.3) is 5.79 Å². The van der Waals surface area contributed by atoms with Gasteiger partial charge >= 0.3 is 11.9 Å². The van der Waals surface area contributed by atoms with Crippen molar-refractivity contribution in [3.8, 4) is 0 Å². The third kappa shape index (κ3) is 2.47. The van der Waals surface area contributed by atoms with Gasteiger partial charge in [0.15, 0.2) is 11.6 Å². The summed E-state index contributed by atoms with van der Waals surface area (Å²) in [6.45, 7) is 2.79. The third-order valence-corrected chi connectivity index (χ3v) is 2.58. The van der Waals surface area contributed by atoms with Gasteiger partial charge in [0.1, 0.15) is 5.57 Å². The Morgan fingerprint density at radius 2 is 1.70 bits per heavy atom. The molecule has 0 aliphatic carbocycles. The fourth-order valence-corrected chi connectivity index (χ4v) is 1.64. The molecule has 1 heterocycles. The van der Waals surface area contributed by atoms with Crippen molar-refractivity contribution < 1.29 is 27.8 Å². The van der Waals surface area contributed by atoms with Crippen LogP contribution in [-0.2, 0) is 19.1 Å². The average molecular weight is 283 g/mol. The van der Waals surface area contributed by atoms with Crippen LogP contribution in [0.1, 0.15) is 19.4 Å². The van der Waals surface area contributed by atoms with Crippen molar-refractivity contribution in [1.82, 2.24) is 0 Å². The zero-order valence-electron chi connectivity index (χ0n) is 10.7. The van der Waals surface area contributed by atoms with E-state index in [1.165, 1.54) is 13.8 Å². The van der Waals surface area contributed by atoms with Crippen LogP contribution in [0.2, 0.25) is 0 Å². The molecule has 7 heteroatoms. The molecule has 106 valence electrons. The van der Waals surface area contributed by atoms with Crippen molar-refractivity contribution in [3.63, 3.8) is 0 Å². The number of nitrogens with two attached hydrogens (primary N) is 1. The highest BCUT2D eigenvalue weighted by Crippen LogP contribution is 2.27. The first kappa shape index (κ1) is 14.0. The van der Waals surface area contributed by atoms with E-state index >= 15 is 0 Å². The van der Waals surface area contributed by atoms with Gasteiger partial charge in [-0.1, -0.05) is 0 Å². The van der Waals surface area contributed by atoms with E-state index in [0.717, 1.165) is 18.2 Å². The second kappa shape index (κ2) is 4.59. The van der Waals surface area contributed by atoms with E-state index in [1.54, 1.807) is 0 Å². The lowest BCUT2D eigenvalue weighted by Crippen LogP contribution is -2.41. The molecule has 0 unspecified atom stereocenters. The number of nitrogen functional groups attached to an aromatic ring is 1. The van der Waals surface area contributed by atoms with E-state index in [2.05, 4.69) is 0 Å². The topological polar surface area (TPSA) is 78.6 Å². The molecule has 2 N–H and O–H groups in total. The first-order chi connectivity index (χ1) is 9.21. The summed E-state index contributed by atoms with van der Waals surface area (Å²) < 4.78 is 36.0. The van der Waals surface area contributed by atoms with Gasteiger partial charge in [-0.25, -0.2) is 18.4 Å². The highest BCUT2D eigenvalue weighted by molar-refractivity contribution is 6.19. The summed E-state index contributed by atoms with van der Waals surface area (Å²) in [5, 5.41) is 0. The standard InChI is InChI=1S/C13H11F2NO4/c1-13(2)19-11(17)7(12(18)20-13)5-6-3-4-8(14)9(15)10(6)16/h3-5H,16H2,1-2H3. The zero-order valence-corrected chi connectivity index (χ0v) is 10.7. The summed E-state index contributed by atoms with van der Waals surface area (Å²) in [6.07, 6.45) is 0.998. The number of halogens is 2. The molecule has 0 atom stereocenters. The van der Waals surface area contributed by atoms with Crippen LogP contribution < -0.4 is 5.73 Å². The lowest BCUT2D eigenvalue weighted by molar-refractivity contribution is -0.222. The summed E-state index contributed by atoms with van der Waals surface area (Å²) >= 11 is 0. The Hall–Kier alpha value is -2.44. The van der Waals surface area contributed by atoms with Crippen LogP contribution in [-0.4, -0.2) is 17.7 Å². The SMILES string of the molecule is CC1(C)OC(=O)C(=Cc2ccc(F)c(F)c2N)C(=O)O1. The summed E-state index contributed by atoms with van der Waals surface area (Å²) in [7, 11) is 0. The number of carbonyl (C=O) groups is 2. The summed E-state index contributed by atoms with van der Waals surface area (Å²) in [6, 6.07) is 1.97. The quantitative estimate of drug-likeness (QED) is 0.368. The predicted octanol–water partition coefficient (Wildman–Crippen LogP) is 1.77. The normalized spacial score (nSPS) is 17.5. The molecule has 2 rings (SSSR count). The molecule has 1 saturated heterocycles. The van der Waals surface area contributed by atoms with Gasteiger partial charge in [0, 0.05) is 19.4 Å². The number of esters is 2. The lowest BCUT2D eigenvalue weighted by atomic mass is 10.1. The Labute approximate surface area is 113 Å². The van der Waals surface area contributed by atoms with E-state index in [-0.39, 0.29) is 5.56 Å². The van der Waals surface area contributed by atoms with Crippen molar-refractivity contribution >= 4 is 23.7 Å². The minimum atomic E-state index is -1.37. The lowest BCUT2D eigenvalue weighted by Gasteiger charge is -2.29. The van der Waals surface area contributed by atoms with Crippen molar-refractivity contribution in [3.05, 3.63) is 34.9 Å². The van der Waals surface area contributed by atoms with Crippen molar-refractivity contribution in [2.75, 3.05) is 5.73 Å². The molecule has 1 fully saturated rings. The number of benzene rings is 1. The van der Waals surface area contributed by atoms with Gasteiger partial charge in [0.05, 0.1) is 5.69 Å². The summed E-state index contributed by atoms with van der Waals surface area (Å²) in [4.78, 5) is 23.4. The van der Waals surface area contributed by atoms with Gasteiger partial charge in [-0.05, 0) is 18.2 Å². The zero-order chi connectivity index (χ0) is 15.1. The number of anilines is 1. The number of rotatable bonds is 1. The minimum absolute atomic E-state index is 0.0208. The van der Waals surface area contributed by atoms with E-state index < -0.39 is 40.6 Å². The molecule has 0 radical (unpaired) electrons. The van der Waals surface area contributed by atoms with E-state index in [4.69, 9.17) is 15.2 Å². The molecule has 0 bridgehead atoms. The molecular weight excluding hydrogens is 272 g/mol. The molecule has 20 heavy (non-hydrogen) atoms. The fraction of sp³-hybridized carbons (Fsp3) is 0.231. The van der Waals surface area contributed by atoms with Crippen LogP contribution >= 0.6 is 0 Å². The van der Waals surface area contributed by atoms with Crippen LogP contribution in [0.3, 0.4) is 0 Å². The summed E-state index contributed by atoms with van der Waals surface area (Å²) in [5.74, 6) is -5.59. The number of cyclic esters (lactones) is 2. The Morgan fingerprint density at radius 3 is 2.25 bits per heavy atom. The Kier molecular flexibility index (Phi) is 3.21. The van der Waals surface area contributed by atoms with Gasteiger partial charge in [-0.2, -0.15) is 0 Å². The monoisotopic (exact) mass is 283 g/mol. The molecule has 0 saturated carbocycles. The molecule has 0 amide bonds. The Bertz CT molecular complexity index is 616. The maximum Gasteiger partial charge on any atom is 0.348 e. The minimum Gasteiger partial charge on any atom is -0.419 e. The molecule has 0 spiro atoms. The van der Waals surface area contributed by atoms with E-state index in [1.807, 2.05) is 0 Å². The highest BCUT2D eigenvalue weighted by atomic mass is 19.2. The molecule has 5 nitrogen and oxygen atoms in total. The van der Waals surface area contributed by atoms with Crippen LogP contribution in [0.15, 0.2) is 17.7 Å². The van der Waals surface area contributed by atoms with Gasteiger partial charge < -0.3 is 15.2 Å². The van der Waals surface area contributed by atoms with Crippen LogP contribution in [0.25, 0.3) is 6.08 Å². The van der Waals surface area contributed by atoms with Gasteiger partial charge in [-0.3, -0.25) is 0 Å². The van der Waals surface area contributed by atoms with Crippen LogP contribution in [0, 0.1) is 11.6 Å².